The molecule has 0 saturated carbocycles. The number of fused-ring (bicyclic) bond motifs is 1. The van der Waals surface area contributed by atoms with Gasteiger partial charge in [-0.05, 0) is 49.9 Å². The number of ether oxygens (including phenoxy) is 1. The van der Waals surface area contributed by atoms with Crippen LogP contribution in [-0.2, 0) is 4.74 Å². The van der Waals surface area contributed by atoms with E-state index in [0.717, 1.165) is 36.3 Å². The number of hydrogen-bond donors (Lipinski definition) is 0. The average molecular weight is 367 g/mol. The van der Waals surface area contributed by atoms with Gasteiger partial charge in [0.05, 0.1) is 17.0 Å². The lowest BCUT2D eigenvalue weighted by Crippen LogP contribution is -2.25. The monoisotopic (exact) mass is 367 g/mol. The smallest absolute Gasteiger partial charge is 0.267 e. The van der Waals surface area contributed by atoms with Gasteiger partial charge in [0, 0.05) is 18.6 Å². The maximum absolute atomic E-state index is 13.2. The fourth-order valence-corrected chi connectivity index (χ4v) is 4.27. The molecule has 0 N–H and O–H groups in total. The third-order valence-corrected chi connectivity index (χ3v) is 5.68. The number of pyridine rings is 1. The first-order valence-corrected chi connectivity index (χ1v) is 9.91. The molecule has 3 aromatic rings. The number of thioether (sulfide) groups is 1. The Labute approximate surface area is 156 Å². The van der Waals surface area contributed by atoms with Gasteiger partial charge in [0.15, 0.2) is 5.16 Å². The van der Waals surface area contributed by atoms with Crippen LogP contribution in [0, 0.1) is 6.92 Å². The predicted molar refractivity (Wildman–Crippen MR) is 104 cm³/mol. The first-order chi connectivity index (χ1) is 12.7. The summed E-state index contributed by atoms with van der Waals surface area (Å²) in [6, 6.07) is 11.3. The van der Waals surface area contributed by atoms with Crippen molar-refractivity contribution in [2.45, 2.75) is 37.4 Å². The quantitative estimate of drug-likeness (QED) is 0.519. The zero-order valence-corrected chi connectivity index (χ0v) is 15.5. The van der Waals surface area contributed by atoms with Crippen LogP contribution >= 0.6 is 11.8 Å². The van der Waals surface area contributed by atoms with E-state index in [-0.39, 0.29) is 11.7 Å². The van der Waals surface area contributed by atoms with Gasteiger partial charge < -0.3 is 4.74 Å². The fraction of sp³-hybridized carbons (Fsp3) is 0.350. The Morgan fingerprint density at radius 3 is 2.92 bits per heavy atom. The summed E-state index contributed by atoms with van der Waals surface area (Å²) < 4.78 is 7.48. The fourth-order valence-electron chi connectivity index (χ4n) is 3.21. The maximum Gasteiger partial charge on any atom is 0.267 e. The molecule has 1 atom stereocenters. The van der Waals surface area contributed by atoms with Crippen molar-refractivity contribution in [3.8, 4) is 5.82 Å². The number of nitrogens with zero attached hydrogens (tertiary/aromatic N) is 3. The molecule has 0 unspecified atom stereocenters. The van der Waals surface area contributed by atoms with Gasteiger partial charge in [-0.15, -0.1) is 0 Å². The SMILES string of the molecule is Cc1cccnc1-n1c(SC[C@H]2CCCCO2)nc2ccccc2c1=O. The molecule has 3 heterocycles. The van der Waals surface area contributed by atoms with E-state index in [1.54, 1.807) is 22.5 Å². The lowest BCUT2D eigenvalue weighted by molar-refractivity contribution is 0.0315. The summed E-state index contributed by atoms with van der Waals surface area (Å²) in [4.78, 5) is 22.4. The summed E-state index contributed by atoms with van der Waals surface area (Å²) in [7, 11) is 0. The van der Waals surface area contributed by atoms with Gasteiger partial charge in [0.25, 0.3) is 5.56 Å². The average Bonchev–Trinajstić information content (AvgIpc) is 2.68. The highest BCUT2D eigenvalue weighted by atomic mass is 32.2. The number of rotatable bonds is 4. The van der Waals surface area contributed by atoms with E-state index < -0.39 is 0 Å². The topological polar surface area (TPSA) is 57.0 Å². The van der Waals surface area contributed by atoms with Crippen LogP contribution in [0.4, 0.5) is 0 Å². The van der Waals surface area contributed by atoms with E-state index in [1.807, 2.05) is 43.3 Å². The molecule has 5 nitrogen and oxygen atoms in total. The van der Waals surface area contributed by atoms with Crippen LogP contribution in [0.3, 0.4) is 0 Å². The van der Waals surface area contributed by atoms with E-state index in [9.17, 15) is 4.79 Å². The van der Waals surface area contributed by atoms with Crippen LogP contribution in [0.15, 0.2) is 52.5 Å². The Balaban J connectivity index is 1.80. The largest absolute Gasteiger partial charge is 0.377 e. The zero-order chi connectivity index (χ0) is 17.9. The van der Waals surface area contributed by atoms with E-state index in [4.69, 9.17) is 9.72 Å². The molecule has 1 aromatic carbocycles. The summed E-state index contributed by atoms with van der Waals surface area (Å²) >= 11 is 1.57. The maximum atomic E-state index is 13.2. The molecule has 0 amide bonds. The molecule has 0 aliphatic carbocycles. The third kappa shape index (κ3) is 3.39. The van der Waals surface area contributed by atoms with Crippen molar-refractivity contribution in [1.29, 1.82) is 0 Å². The van der Waals surface area contributed by atoms with Crippen LogP contribution in [0.2, 0.25) is 0 Å². The molecule has 2 aromatic heterocycles. The minimum atomic E-state index is -0.0792. The van der Waals surface area contributed by atoms with Crippen molar-refractivity contribution in [2.75, 3.05) is 12.4 Å². The first kappa shape index (κ1) is 17.2. The van der Waals surface area contributed by atoms with Crippen LogP contribution in [-0.4, -0.2) is 33.0 Å². The van der Waals surface area contributed by atoms with Gasteiger partial charge in [-0.3, -0.25) is 4.79 Å². The van der Waals surface area contributed by atoms with Crippen LogP contribution in [0.1, 0.15) is 24.8 Å². The lowest BCUT2D eigenvalue weighted by atomic mass is 10.1. The number of benzene rings is 1. The normalized spacial score (nSPS) is 17.5. The third-order valence-electron chi connectivity index (χ3n) is 4.61. The summed E-state index contributed by atoms with van der Waals surface area (Å²) in [5, 5.41) is 1.28. The van der Waals surface area contributed by atoms with Gasteiger partial charge >= 0.3 is 0 Å². The van der Waals surface area contributed by atoms with Crippen LogP contribution < -0.4 is 5.56 Å². The molecule has 6 heteroatoms. The highest BCUT2D eigenvalue weighted by molar-refractivity contribution is 7.99. The molecule has 26 heavy (non-hydrogen) atoms. The molecule has 1 aliphatic heterocycles. The first-order valence-electron chi connectivity index (χ1n) is 8.92. The molecule has 1 fully saturated rings. The van der Waals surface area contributed by atoms with E-state index in [2.05, 4.69) is 4.98 Å². The molecule has 4 rings (SSSR count). The van der Waals surface area contributed by atoms with E-state index in [0.29, 0.717) is 16.4 Å². The van der Waals surface area contributed by atoms with Gasteiger partial charge in [-0.1, -0.05) is 30.0 Å². The van der Waals surface area contributed by atoms with Crippen molar-refractivity contribution in [3.05, 3.63) is 58.5 Å². The second-order valence-corrected chi connectivity index (χ2v) is 7.48. The Morgan fingerprint density at radius 2 is 2.12 bits per heavy atom. The summed E-state index contributed by atoms with van der Waals surface area (Å²) in [5.41, 5.74) is 1.58. The van der Waals surface area contributed by atoms with Gasteiger partial charge in [0.1, 0.15) is 5.82 Å². The standard InChI is InChI=1S/C20H21N3O2S/c1-14-7-6-11-21-18(14)23-19(24)16-9-2-3-10-17(16)22-20(23)26-13-15-8-4-5-12-25-15/h2-3,6-7,9-11,15H,4-5,8,12-13H2,1H3/t15-/m1/s1. The number of aryl methyl sites for hydroxylation is 1. The van der Waals surface area contributed by atoms with Crippen LogP contribution in [0.5, 0.6) is 0 Å². The molecule has 1 saturated heterocycles. The predicted octanol–water partition coefficient (Wildman–Crippen LogP) is 3.75. The highest BCUT2D eigenvalue weighted by Gasteiger charge is 2.19. The van der Waals surface area contributed by atoms with Gasteiger partial charge in [-0.2, -0.15) is 0 Å². The molecular formula is C20H21N3O2S. The van der Waals surface area contributed by atoms with Gasteiger partial charge in [-0.25, -0.2) is 14.5 Å². The van der Waals surface area contributed by atoms with Crippen molar-refractivity contribution in [1.82, 2.24) is 14.5 Å². The Bertz CT molecular complexity index is 980. The number of para-hydroxylation sites is 1. The molecule has 134 valence electrons. The minimum Gasteiger partial charge on any atom is -0.377 e. The van der Waals surface area contributed by atoms with E-state index >= 15 is 0 Å². The lowest BCUT2D eigenvalue weighted by Gasteiger charge is -2.22. The van der Waals surface area contributed by atoms with E-state index in [1.165, 1.54) is 6.42 Å². The molecule has 0 spiro atoms. The summed E-state index contributed by atoms with van der Waals surface area (Å²) in [6.45, 7) is 2.78. The molecule has 0 radical (unpaired) electrons. The minimum absolute atomic E-state index is 0.0792. The van der Waals surface area contributed by atoms with Gasteiger partial charge in [0.2, 0.25) is 0 Å². The van der Waals surface area contributed by atoms with Crippen molar-refractivity contribution < 1.29 is 4.74 Å². The second-order valence-electron chi connectivity index (χ2n) is 6.50. The number of hydrogen-bond acceptors (Lipinski definition) is 5. The molecule has 1 aliphatic rings. The number of aromatic nitrogens is 3. The van der Waals surface area contributed by atoms with Crippen molar-refractivity contribution >= 4 is 22.7 Å². The zero-order valence-electron chi connectivity index (χ0n) is 14.7. The molecule has 0 bridgehead atoms. The molecular weight excluding hydrogens is 346 g/mol. The van der Waals surface area contributed by atoms with Crippen LogP contribution in [0.25, 0.3) is 16.7 Å². The Morgan fingerprint density at radius 1 is 1.23 bits per heavy atom. The summed E-state index contributed by atoms with van der Waals surface area (Å²) in [6.07, 6.45) is 5.32. The summed E-state index contributed by atoms with van der Waals surface area (Å²) in [5.74, 6) is 1.43. The second kappa shape index (κ2) is 7.60. The Kier molecular flexibility index (Phi) is 5.04. The Hall–Kier alpha value is -2.18. The van der Waals surface area contributed by atoms with Crippen molar-refractivity contribution in [3.63, 3.8) is 0 Å². The van der Waals surface area contributed by atoms with Crippen molar-refractivity contribution in [2.24, 2.45) is 0 Å². The highest BCUT2D eigenvalue weighted by Crippen LogP contribution is 2.25.